The molecule has 1 aromatic carbocycles. The maximum atomic E-state index is 13.1. The molecule has 0 spiro atoms. The number of carbonyl (C=O) groups is 5. The summed E-state index contributed by atoms with van der Waals surface area (Å²) in [5, 5.41) is 42.2. The van der Waals surface area contributed by atoms with E-state index in [1.165, 1.54) is 36.1 Å². The van der Waals surface area contributed by atoms with Crippen LogP contribution >= 0.6 is 0 Å². The fourth-order valence-corrected chi connectivity index (χ4v) is 3.84. The van der Waals surface area contributed by atoms with Crippen LogP contribution in [-0.4, -0.2) is 91.8 Å². The Morgan fingerprint density at radius 3 is 2.28 bits per heavy atom. The highest BCUT2D eigenvalue weighted by atomic mass is 16.4. The second-order valence-electron chi connectivity index (χ2n) is 8.72. The number of nitrogens with two attached hydrogens (primary N) is 1. The van der Waals surface area contributed by atoms with Crippen molar-refractivity contribution in [3.05, 3.63) is 29.8 Å². The maximum absolute atomic E-state index is 13.1. The van der Waals surface area contributed by atoms with Gasteiger partial charge in [-0.25, -0.2) is 4.79 Å². The molecule has 5 atom stereocenters. The number of nitrogens with zero attached hydrogens (tertiary/aromatic N) is 1. The van der Waals surface area contributed by atoms with Crippen LogP contribution in [0.3, 0.4) is 0 Å². The summed E-state index contributed by atoms with van der Waals surface area (Å²) in [7, 11) is 0. The summed E-state index contributed by atoms with van der Waals surface area (Å²) in [6.45, 7) is 1.59. The van der Waals surface area contributed by atoms with Gasteiger partial charge >= 0.3 is 11.9 Å². The predicted octanol–water partition coefficient (Wildman–Crippen LogP) is -1.45. The van der Waals surface area contributed by atoms with Crippen LogP contribution in [0, 0.1) is 0 Å². The molecular weight excluding hydrogens is 476 g/mol. The minimum atomic E-state index is -1.50. The van der Waals surface area contributed by atoms with Gasteiger partial charge < -0.3 is 41.7 Å². The van der Waals surface area contributed by atoms with Crippen molar-refractivity contribution in [1.82, 2.24) is 15.5 Å². The molecule has 1 heterocycles. The average Bonchev–Trinajstić information content (AvgIpc) is 3.31. The summed E-state index contributed by atoms with van der Waals surface area (Å²) >= 11 is 0. The van der Waals surface area contributed by atoms with E-state index in [0.29, 0.717) is 18.4 Å². The second-order valence-corrected chi connectivity index (χ2v) is 8.72. The van der Waals surface area contributed by atoms with Crippen LogP contribution in [0.2, 0.25) is 0 Å². The number of benzene rings is 1. The first-order valence-corrected chi connectivity index (χ1v) is 11.5. The molecule has 8 N–H and O–H groups in total. The van der Waals surface area contributed by atoms with E-state index < -0.39 is 66.4 Å². The van der Waals surface area contributed by atoms with E-state index in [1.807, 2.05) is 0 Å². The lowest BCUT2D eigenvalue weighted by Gasteiger charge is -2.29. The number of aliphatic hydroxyl groups is 1. The summed E-state index contributed by atoms with van der Waals surface area (Å²) in [6.07, 6.45) is -1.26. The van der Waals surface area contributed by atoms with Gasteiger partial charge in [0.25, 0.3) is 0 Å². The zero-order valence-corrected chi connectivity index (χ0v) is 19.8. The fraction of sp³-hybridized carbons (Fsp3) is 0.522. The van der Waals surface area contributed by atoms with E-state index in [2.05, 4.69) is 10.6 Å². The number of carboxylic acids is 2. The number of likely N-dealkylation sites (tertiary alicyclic amines) is 1. The number of nitrogens with one attached hydrogen (secondary N) is 2. The van der Waals surface area contributed by atoms with E-state index in [1.54, 1.807) is 0 Å². The Balaban J connectivity index is 2.22. The molecule has 36 heavy (non-hydrogen) atoms. The molecule has 0 aromatic heterocycles. The van der Waals surface area contributed by atoms with Crippen molar-refractivity contribution < 1.29 is 44.4 Å². The predicted molar refractivity (Wildman–Crippen MR) is 125 cm³/mol. The molecule has 0 aliphatic carbocycles. The van der Waals surface area contributed by atoms with Gasteiger partial charge in [-0.1, -0.05) is 12.1 Å². The van der Waals surface area contributed by atoms with Gasteiger partial charge in [-0.3, -0.25) is 19.2 Å². The van der Waals surface area contributed by atoms with Gasteiger partial charge in [0.15, 0.2) is 0 Å². The van der Waals surface area contributed by atoms with Crippen LogP contribution in [0.4, 0.5) is 0 Å². The third-order valence-electron chi connectivity index (χ3n) is 5.91. The molecule has 0 radical (unpaired) electrons. The first kappa shape index (κ1) is 28.5. The summed E-state index contributed by atoms with van der Waals surface area (Å²) in [4.78, 5) is 62.4. The minimum Gasteiger partial charge on any atom is -0.508 e. The Morgan fingerprint density at radius 1 is 1.08 bits per heavy atom. The lowest BCUT2D eigenvalue weighted by Crippen LogP contribution is -2.58. The molecular formula is C23H32N4O9. The lowest BCUT2D eigenvalue weighted by atomic mass is 10.0. The summed E-state index contributed by atoms with van der Waals surface area (Å²) in [5.41, 5.74) is 6.29. The topological polar surface area (TPSA) is 220 Å². The Labute approximate surface area is 207 Å². The summed E-state index contributed by atoms with van der Waals surface area (Å²) < 4.78 is 0. The molecule has 1 fully saturated rings. The van der Waals surface area contributed by atoms with E-state index >= 15 is 0 Å². The van der Waals surface area contributed by atoms with Gasteiger partial charge in [0.1, 0.15) is 29.9 Å². The molecule has 5 unspecified atom stereocenters. The van der Waals surface area contributed by atoms with Crippen LogP contribution < -0.4 is 16.4 Å². The van der Waals surface area contributed by atoms with Gasteiger partial charge in [-0.2, -0.15) is 0 Å². The number of phenolic OH excluding ortho intramolecular Hbond substituents is 1. The lowest BCUT2D eigenvalue weighted by molar-refractivity contribution is -0.144. The molecule has 1 aliphatic heterocycles. The number of hydrogen-bond donors (Lipinski definition) is 7. The van der Waals surface area contributed by atoms with Crippen molar-refractivity contribution in [3.8, 4) is 5.75 Å². The molecule has 1 saturated heterocycles. The number of aliphatic carboxylic acids is 2. The van der Waals surface area contributed by atoms with Gasteiger partial charge in [-0.05, 0) is 43.9 Å². The largest absolute Gasteiger partial charge is 0.508 e. The van der Waals surface area contributed by atoms with Crippen molar-refractivity contribution in [3.63, 3.8) is 0 Å². The molecule has 0 saturated carbocycles. The number of carboxylic acid groups (broad SMARTS) is 2. The average molecular weight is 509 g/mol. The normalized spacial score (nSPS) is 18.5. The first-order valence-electron chi connectivity index (χ1n) is 11.5. The van der Waals surface area contributed by atoms with Gasteiger partial charge in [-0.15, -0.1) is 0 Å². The second kappa shape index (κ2) is 12.8. The van der Waals surface area contributed by atoms with Gasteiger partial charge in [0.2, 0.25) is 17.7 Å². The van der Waals surface area contributed by atoms with Gasteiger partial charge in [0, 0.05) is 19.4 Å². The van der Waals surface area contributed by atoms with Crippen molar-refractivity contribution >= 4 is 29.7 Å². The molecule has 13 heteroatoms. The SMILES string of the molecule is CC(O)C(N)C(=O)N1CCCC1C(=O)NC(Cc1ccc(O)cc1)C(=O)NC(CCC(=O)O)C(=O)O. The highest BCUT2D eigenvalue weighted by Crippen LogP contribution is 2.20. The monoisotopic (exact) mass is 508 g/mol. The highest BCUT2D eigenvalue weighted by Gasteiger charge is 2.38. The van der Waals surface area contributed by atoms with Crippen LogP contribution in [0.15, 0.2) is 24.3 Å². The molecule has 1 aromatic rings. The summed E-state index contributed by atoms with van der Waals surface area (Å²) in [6, 6.07) is 0.877. The number of aliphatic hydroxyl groups excluding tert-OH is 1. The third kappa shape index (κ3) is 7.92. The molecule has 3 amide bonds. The number of rotatable bonds is 12. The smallest absolute Gasteiger partial charge is 0.326 e. The standard InChI is InChI=1S/C23H32N4O9/c1-12(28)19(24)22(34)27-10-2-3-17(27)21(33)26-16(11-13-4-6-14(29)7-5-13)20(32)25-15(23(35)36)8-9-18(30)31/h4-7,12,15-17,19,28-29H,2-3,8-11,24H2,1H3,(H,25,32)(H,26,33)(H,30,31)(H,35,36). The highest BCUT2D eigenvalue weighted by molar-refractivity contribution is 5.94. The van der Waals surface area contributed by atoms with Crippen LogP contribution in [0.5, 0.6) is 5.75 Å². The number of phenols is 1. The molecule has 13 nitrogen and oxygen atoms in total. The zero-order valence-electron chi connectivity index (χ0n) is 19.8. The number of amides is 3. The number of aromatic hydroxyl groups is 1. The molecule has 0 bridgehead atoms. The Morgan fingerprint density at radius 2 is 1.72 bits per heavy atom. The summed E-state index contributed by atoms with van der Waals surface area (Å²) in [5.74, 6) is -4.80. The van der Waals surface area contributed by atoms with E-state index in [-0.39, 0.29) is 25.1 Å². The van der Waals surface area contributed by atoms with Crippen molar-refractivity contribution in [1.29, 1.82) is 0 Å². The van der Waals surface area contributed by atoms with Crippen molar-refractivity contribution in [2.75, 3.05) is 6.54 Å². The third-order valence-corrected chi connectivity index (χ3v) is 5.91. The maximum Gasteiger partial charge on any atom is 0.326 e. The fourth-order valence-electron chi connectivity index (χ4n) is 3.84. The molecule has 2 rings (SSSR count). The molecule has 198 valence electrons. The van der Waals surface area contributed by atoms with Crippen LogP contribution in [0.25, 0.3) is 0 Å². The van der Waals surface area contributed by atoms with Crippen LogP contribution in [0.1, 0.15) is 38.2 Å². The Bertz CT molecular complexity index is 967. The van der Waals surface area contributed by atoms with E-state index in [0.717, 1.165) is 0 Å². The first-order chi connectivity index (χ1) is 16.9. The minimum absolute atomic E-state index is 0.0158. The van der Waals surface area contributed by atoms with Crippen molar-refractivity contribution in [2.45, 2.75) is 69.3 Å². The van der Waals surface area contributed by atoms with E-state index in [4.69, 9.17) is 10.8 Å². The van der Waals surface area contributed by atoms with Crippen molar-refractivity contribution in [2.24, 2.45) is 5.73 Å². The van der Waals surface area contributed by atoms with Gasteiger partial charge in [0.05, 0.1) is 6.10 Å². The Kier molecular flexibility index (Phi) is 10.2. The van der Waals surface area contributed by atoms with E-state index in [9.17, 15) is 39.3 Å². The zero-order chi connectivity index (χ0) is 27.0. The molecule has 1 aliphatic rings. The quantitative estimate of drug-likeness (QED) is 0.174. The number of hydrogen-bond acceptors (Lipinski definition) is 8. The van der Waals surface area contributed by atoms with Crippen LogP contribution in [-0.2, 0) is 30.4 Å². The number of carbonyl (C=O) groups excluding carboxylic acids is 3. The Hall–Kier alpha value is -3.71.